The first-order valence-electron chi connectivity index (χ1n) is 12.3. The lowest BCUT2D eigenvalue weighted by molar-refractivity contribution is 0.0693. The molecule has 1 aliphatic heterocycles. The Kier molecular flexibility index (Phi) is 6.54. The number of aromatic carboxylic acids is 1. The Hall–Kier alpha value is -3.12. The molecule has 1 heterocycles. The molecule has 6 nitrogen and oxygen atoms in total. The lowest BCUT2D eigenvalue weighted by atomic mass is 9.62. The fourth-order valence-electron chi connectivity index (χ4n) is 5.30. The summed E-state index contributed by atoms with van der Waals surface area (Å²) in [5.41, 5.74) is 4.87. The van der Waals surface area contributed by atoms with Crippen LogP contribution in [-0.4, -0.2) is 60.1 Å². The predicted molar refractivity (Wildman–Crippen MR) is 140 cm³/mol. The standard InChI is InChI=1S/C29H36N2O4/c1-28(2)10-11-29(3,4)26-22(28)17-20(18-23(26)31-14-12-30(5)13-15-31)24(32)9-7-19-6-8-21(27(34)35)25(33)16-19/h6-9,16-18,33H,10-15H2,1-5H3,(H,34,35)/b9-7+. The molecule has 4 rings (SSSR count). The van der Waals surface area contributed by atoms with Crippen molar-refractivity contribution < 1.29 is 19.8 Å². The Labute approximate surface area is 207 Å². The van der Waals surface area contributed by atoms with E-state index in [9.17, 15) is 14.7 Å². The molecule has 2 aromatic rings. The minimum Gasteiger partial charge on any atom is -0.507 e. The van der Waals surface area contributed by atoms with Gasteiger partial charge in [-0.1, -0.05) is 39.8 Å². The summed E-state index contributed by atoms with van der Waals surface area (Å²) in [6, 6.07) is 8.43. The number of anilines is 1. The molecule has 2 aromatic carbocycles. The van der Waals surface area contributed by atoms with E-state index < -0.39 is 5.97 Å². The number of carboxylic acids is 1. The number of aromatic hydroxyl groups is 1. The Balaban J connectivity index is 1.74. The number of piperazine rings is 1. The summed E-state index contributed by atoms with van der Waals surface area (Å²) < 4.78 is 0. The summed E-state index contributed by atoms with van der Waals surface area (Å²) in [5, 5.41) is 19.1. The lowest BCUT2D eigenvalue weighted by Crippen LogP contribution is -2.46. The first kappa shape index (κ1) is 25.0. The average molecular weight is 477 g/mol. The average Bonchev–Trinajstić information content (AvgIpc) is 2.80. The van der Waals surface area contributed by atoms with E-state index in [-0.39, 0.29) is 27.9 Å². The third-order valence-electron chi connectivity index (χ3n) is 7.71. The zero-order valence-corrected chi connectivity index (χ0v) is 21.4. The van der Waals surface area contributed by atoms with Crippen LogP contribution in [0.1, 0.15) is 77.9 Å². The molecule has 1 saturated heterocycles. The summed E-state index contributed by atoms with van der Waals surface area (Å²) in [7, 11) is 2.14. The zero-order valence-electron chi connectivity index (χ0n) is 21.4. The van der Waals surface area contributed by atoms with E-state index >= 15 is 0 Å². The second kappa shape index (κ2) is 9.15. The molecule has 186 valence electrons. The minimum atomic E-state index is -1.19. The van der Waals surface area contributed by atoms with Crippen LogP contribution in [-0.2, 0) is 10.8 Å². The third kappa shape index (κ3) is 4.98. The van der Waals surface area contributed by atoms with Crippen LogP contribution >= 0.6 is 0 Å². The summed E-state index contributed by atoms with van der Waals surface area (Å²) in [5.74, 6) is -1.61. The van der Waals surface area contributed by atoms with Crippen LogP contribution in [0.2, 0.25) is 0 Å². The van der Waals surface area contributed by atoms with Gasteiger partial charge in [-0.3, -0.25) is 4.79 Å². The Morgan fingerprint density at radius 3 is 2.23 bits per heavy atom. The molecule has 35 heavy (non-hydrogen) atoms. The van der Waals surface area contributed by atoms with E-state index in [0.29, 0.717) is 11.1 Å². The van der Waals surface area contributed by atoms with Gasteiger partial charge in [0.25, 0.3) is 0 Å². The van der Waals surface area contributed by atoms with Crippen LogP contribution in [0.4, 0.5) is 5.69 Å². The summed E-state index contributed by atoms with van der Waals surface area (Å²) >= 11 is 0. The highest BCUT2D eigenvalue weighted by Gasteiger charge is 2.40. The van der Waals surface area contributed by atoms with Crippen molar-refractivity contribution in [3.63, 3.8) is 0 Å². The minimum absolute atomic E-state index is 0.0232. The fraction of sp³-hybridized carbons (Fsp3) is 0.448. The lowest BCUT2D eigenvalue weighted by Gasteiger charge is -2.46. The van der Waals surface area contributed by atoms with E-state index in [4.69, 9.17) is 5.11 Å². The molecule has 0 spiro atoms. The van der Waals surface area contributed by atoms with Crippen molar-refractivity contribution in [3.8, 4) is 5.75 Å². The number of carbonyl (C=O) groups excluding carboxylic acids is 1. The van der Waals surface area contributed by atoms with Crippen LogP contribution in [0.15, 0.2) is 36.4 Å². The number of hydrogen-bond donors (Lipinski definition) is 2. The number of phenols is 1. The molecular weight excluding hydrogens is 440 g/mol. The van der Waals surface area contributed by atoms with Crippen LogP contribution in [0.25, 0.3) is 6.08 Å². The number of allylic oxidation sites excluding steroid dienone is 1. The SMILES string of the molecule is CN1CCN(c2cc(C(=O)/C=C/c3ccc(C(=O)O)c(O)c3)cc3c2C(C)(C)CCC3(C)C)CC1. The second-order valence-corrected chi connectivity index (χ2v) is 11.3. The van der Waals surface area contributed by atoms with Crippen LogP contribution < -0.4 is 4.90 Å². The van der Waals surface area contributed by atoms with Crippen LogP contribution in [0, 0.1) is 0 Å². The van der Waals surface area contributed by atoms with E-state index in [1.54, 1.807) is 12.1 Å². The summed E-state index contributed by atoms with van der Waals surface area (Å²) in [4.78, 5) is 29.3. The number of carboxylic acid groups (broad SMARTS) is 1. The highest BCUT2D eigenvalue weighted by atomic mass is 16.4. The van der Waals surface area contributed by atoms with Gasteiger partial charge in [-0.2, -0.15) is 0 Å². The first-order chi connectivity index (χ1) is 16.4. The Morgan fingerprint density at radius 2 is 1.60 bits per heavy atom. The van der Waals surface area contributed by atoms with E-state index in [1.807, 2.05) is 0 Å². The first-order valence-corrected chi connectivity index (χ1v) is 12.3. The van der Waals surface area contributed by atoms with Crippen molar-refractivity contribution in [1.82, 2.24) is 4.90 Å². The smallest absolute Gasteiger partial charge is 0.339 e. The molecule has 0 bridgehead atoms. The number of nitrogens with zero attached hydrogens (tertiary/aromatic N) is 2. The van der Waals surface area contributed by atoms with Crippen molar-refractivity contribution in [1.29, 1.82) is 0 Å². The number of hydrogen-bond acceptors (Lipinski definition) is 5. The quantitative estimate of drug-likeness (QED) is 0.462. The molecule has 0 radical (unpaired) electrons. The van der Waals surface area contributed by atoms with Crippen LogP contribution in [0.5, 0.6) is 5.75 Å². The van der Waals surface area contributed by atoms with Gasteiger partial charge in [-0.05, 0) is 77.8 Å². The maximum absolute atomic E-state index is 13.4. The maximum Gasteiger partial charge on any atom is 0.339 e. The zero-order chi connectivity index (χ0) is 25.5. The Morgan fingerprint density at radius 1 is 0.943 bits per heavy atom. The molecule has 1 aliphatic carbocycles. The molecule has 0 amide bonds. The number of likely N-dealkylation sites (N-methyl/N-ethyl adjacent to an activating group) is 1. The van der Waals surface area contributed by atoms with Crippen molar-refractivity contribution >= 4 is 23.5 Å². The summed E-state index contributed by atoms with van der Waals surface area (Å²) in [6.07, 6.45) is 5.30. The van der Waals surface area contributed by atoms with Gasteiger partial charge in [0.1, 0.15) is 11.3 Å². The number of rotatable bonds is 5. The van der Waals surface area contributed by atoms with Gasteiger partial charge in [0, 0.05) is 37.4 Å². The molecule has 0 aromatic heterocycles. The molecule has 6 heteroatoms. The number of ketones is 1. The number of fused-ring (bicyclic) bond motifs is 1. The van der Waals surface area contributed by atoms with Gasteiger partial charge < -0.3 is 20.0 Å². The van der Waals surface area contributed by atoms with Crippen molar-refractivity contribution in [3.05, 3.63) is 64.2 Å². The van der Waals surface area contributed by atoms with E-state index in [2.05, 4.69) is 56.7 Å². The van der Waals surface area contributed by atoms with Crippen molar-refractivity contribution in [2.24, 2.45) is 0 Å². The normalized spacial score (nSPS) is 19.5. The molecule has 0 saturated carbocycles. The molecule has 1 fully saturated rings. The van der Waals surface area contributed by atoms with E-state index in [1.165, 1.54) is 35.0 Å². The monoisotopic (exact) mass is 476 g/mol. The molecule has 0 atom stereocenters. The predicted octanol–water partition coefficient (Wildman–Crippen LogP) is 5.09. The summed E-state index contributed by atoms with van der Waals surface area (Å²) in [6.45, 7) is 13.0. The number of benzene rings is 2. The van der Waals surface area contributed by atoms with Gasteiger partial charge in [-0.15, -0.1) is 0 Å². The highest BCUT2D eigenvalue weighted by molar-refractivity contribution is 6.08. The largest absolute Gasteiger partial charge is 0.507 e. The van der Waals surface area contributed by atoms with Crippen molar-refractivity contribution in [2.45, 2.75) is 51.4 Å². The van der Waals surface area contributed by atoms with Gasteiger partial charge in [-0.25, -0.2) is 4.79 Å². The maximum atomic E-state index is 13.4. The Bertz CT molecular complexity index is 1190. The van der Waals surface area contributed by atoms with Gasteiger partial charge >= 0.3 is 5.97 Å². The second-order valence-electron chi connectivity index (χ2n) is 11.3. The van der Waals surface area contributed by atoms with Gasteiger partial charge in [0.15, 0.2) is 5.78 Å². The highest BCUT2D eigenvalue weighted by Crippen LogP contribution is 2.50. The van der Waals surface area contributed by atoms with Crippen molar-refractivity contribution in [2.75, 3.05) is 38.1 Å². The topological polar surface area (TPSA) is 81.1 Å². The molecule has 0 unspecified atom stereocenters. The van der Waals surface area contributed by atoms with E-state index in [0.717, 1.165) is 39.0 Å². The number of carbonyl (C=O) groups is 2. The molecule has 2 aliphatic rings. The van der Waals surface area contributed by atoms with Gasteiger partial charge in [0.05, 0.1) is 0 Å². The molecule has 2 N–H and O–H groups in total. The third-order valence-corrected chi connectivity index (χ3v) is 7.71. The van der Waals surface area contributed by atoms with Crippen LogP contribution in [0.3, 0.4) is 0 Å². The van der Waals surface area contributed by atoms with Gasteiger partial charge in [0.2, 0.25) is 0 Å². The fourth-order valence-corrected chi connectivity index (χ4v) is 5.30. The molecular formula is C29H36N2O4.